The molecule has 1 aliphatic carbocycles. The first-order valence-corrected chi connectivity index (χ1v) is 8.75. The van der Waals surface area contributed by atoms with Crippen molar-refractivity contribution in [3.05, 3.63) is 0 Å². The molecule has 2 rings (SSSR count). The number of likely N-dealkylation sites (tertiary alicyclic amines) is 1. The predicted octanol–water partition coefficient (Wildman–Crippen LogP) is 1.62. The van der Waals surface area contributed by atoms with E-state index in [0.717, 1.165) is 19.6 Å². The van der Waals surface area contributed by atoms with Gasteiger partial charge in [0.05, 0.1) is 18.4 Å². The molecule has 6 heteroatoms. The van der Waals surface area contributed by atoms with Crippen LogP contribution < -0.4 is 0 Å². The minimum absolute atomic E-state index is 0.0587. The minimum atomic E-state index is -0.164. The summed E-state index contributed by atoms with van der Waals surface area (Å²) in [5.41, 5.74) is 0. The highest BCUT2D eigenvalue weighted by Crippen LogP contribution is 2.30. The molecule has 1 saturated carbocycles. The molecule has 0 aromatic heterocycles. The molecule has 1 heterocycles. The number of esters is 2. The van der Waals surface area contributed by atoms with Gasteiger partial charge in [0, 0.05) is 13.7 Å². The SMILES string of the molecule is COCCOC(=O)C1CCC(C(=O)OCCN2CCCC2)CC1. The molecular weight excluding hydrogens is 298 g/mol. The first kappa shape index (κ1) is 18.2. The molecule has 0 N–H and O–H groups in total. The van der Waals surface area contributed by atoms with E-state index in [9.17, 15) is 9.59 Å². The summed E-state index contributed by atoms with van der Waals surface area (Å²) in [5.74, 6) is -0.407. The van der Waals surface area contributed by atoms with E-state index in [0.29, 0.717) is 45.5 Å². The second-order valence-corrected chi connectivity index (χ2v) is 6.43. The van der Waals surface area contributed by atoms with Gasteiger partial charge in [0.15, 0.2) is 0 Å². The lowest BCUT2D eigenvalue weighted by Crippen LogP contribution is -2.30. The van der Waals surface area contributed by atoms with Gasteiger partial charge >= 0.3 is 11.9 Å². The number of hydrogen-bond donors (Lipinski definition) is 0. The Balaban J connectivity index is 1.59. The highest BCUT2D eigenvalue weighted by molar-refractivity contribution is 5.75. The molecule has 2 fully saturated rings. The van der Waals surface area contributed by atoms with Crippen LogP contribution in [-0.2, 0) is 23.8 Å². The fourth-order valence-corrected chi connectivity index (χ4v) is 3.31. The lowest BCUT2D eigenvalue weighted by atomic mass is 9.82. The summed E-state index contributed by atoms with van der Waals surface area (Å²) >= 11 is 0. The van der Waals surface area contributed by atoms with Crippen LogP contribution in [0, 0.1) is 11.8 Å². The van der Waals surface area contributed by atoms with E-state index in [2.05, 4.69) is 4.90 Å². The van der Waals surface area contributed by atoms with Crippen LogP contribution in [-0.4, -0.2) is 63.4 Å². The second-order valence-electron chi connectivity index (χ2n) is 6.43. The molecule has 1 aliphatic heterocycles. The highest BCUT2D eigenvalue weighted by Gasteiger charge is 2.31. The Morgan fingerprint density at radius 1 is 0.870 bits per heavy atom. The zero-order valence-corrected chi connectivity index (χ0v) is 14.1. The van der Waals surface area contributed by atoms with E-state index in [1.165, 1.54) is 12.8 Å². The lowest BCUT2D eigenvalue weighted by molar-refractivity contribution is -0.156. The topological polar surface area (TPSA) is 65.1 Å². The Labute approximate surface area is 138 Å². The van der Waals surface area contributed by atoms with Crippen molar-refractivity contribution >= 4 is 11.9 Å². The average molecular weight is 327 g/mol. The predicted molar refractivity (Wildman–Crippen MR) is 84.9 cm³/mol. The van der Waals surface area contributed by atoms with Crippen molar-refractivity contribution in [1.29, 1.82) is 0 Å². The Bertz CT molecular complexity index is 373. The molecule has 0 bridgehead atoms. The molecule has 23 heavy (non-hydrogen) atoms. The molecule has 132 valence electrons. The maximum Gasteiger partial charge on any atom is 0.309 e. The van der Waals surface area contributed by atoms with Crippen LogP contribution in [0.5, 0.6) is 0 Å². The van der Waals surface area contributed by atoms with Crippen LogP contribution in [0.3, 0.4) is 0 Å². The molecule has 0 radical (unpaired) electrons. The smallest absolute Gasteiger partial charge is 0.309 e. The number of carbonyl (C=O) groups is 2. The maximum atomic E-state index is 12.1. The van der Waals surface area contributed by atoms with Crippen molar-refractivity contribution in [3.8, 4) is 0 Å². The monoisotopic (exact) mass is 327 g/mol. The van der Waals surface area contributed by atoms with Crippen molar-refractivity contribution in [1.82, 2.24) is 4.90 Å². The van der Waals surface area contributed by atoms with Gasteiger partial charge in [0.25, 0.3) is 0 Å². The van der Waals surface area contributed by atoms with Gasteiger partial charge in [-0.1, -0.05) is 0 Å². The Hall–Kier alpha value is -1.14. The summed E-state index contributed by atoms with van der Waals surface area (Å²) in [6, 6.07) is 0. The van der Waals surface area contributed by atoms with Gasteiger partial charge in [0.1, 0.15) is 13.2 Å². The van der Waals surface area contributed by atoms with Gasteiger partial charge in [0.2, 0.25) is 0 Å². The second kappa shape index (κ2) is 9.88. The van der Waals surface area contributed by atoms with Crippen LogP contribution in [0.25, 0.3) is 0 Å². The number of hydrogen-bond acceptors (Lipinski definition) is 6. The molecule has 0 aromatic carbocycles. The fourth-order valence-electron chi connectivity index (χ4n) is 3.31. The quantitative estimate of drug-likeness (QED) is 0.499. The van der Waals surface area contributed by atoms with Gasteiger partial charge in [-0.2, -0.15) is 0 Å². The maximum absolute atomic E-state index is 12.1. The van der Waals surface area contributed by atoms with Gasteiger partial charge in [-0.25, -0.2) is 0 Å². The fraction of sp³-hybridized carbons (Fsp3) is 0.882. The minimum Gasteiger partial charge on any atom is -0.464 e. The zero-order chi connectivity index (χ0) is 16.5. The zero-order valence-electron chi connectivity index (χ0n) is 14.1. The standard InChI is InChI=1S/C17H29NO5/c1-21-12-13-23-17(20)15-6-4-14(5-7-15)16(19)22-11-10-18-8-2-3-9-18/h14-15H,2-13H2,1H3. The third-order valence-corrected chi connectivity index (χ3v) is 4.78. The Kier molecular flexibility index (Phi) is 7.82. The lowest BCUT2D eigenvalue weighted by Gasteiger charge is -2.26. The van der Waals surface area contributed by atoms with Crippen LogP contribution >= 0.6 is 0 Å². The van der Waals surface area contributed by atoms with E-state index in [1.807, 2.05) is 0 Å². The molecule has 6 nitrogen and oxygen atoms in total. The summed E-state index contributed by atoms with van der Waals surface area (Å²) in [7, 11) is 1.58. The van der Waals surface area contributed by atoms with Gasteiger partial charge in [-0.05, 0) is 51.6 Å². The normalized spacial score (nSPS) is 25.3. The molecule has 1 saturated heterocycles. The number of rotatable bonds is 8. The van der Waals surface area contributed by atoms with Gasteiger partial charge in [-0.3, -0.25) is 14.5 Å². The van der Waals surface area contributed by atoms with Crippen LogP contribution in [0.4, 0.5) is 0 Å². The van der Waals surface area contributed by atoms with Crippen molar-refractivity contribution in [2.75, 3.05) is 46.6 Å². The number of carbonyl (C=O) groups excluding carboxylic acids is 2. The van der Waals surface area contributed by atoms with Crippen molar-refractivity contribution in [2.45, 2.75) is 38.5 Å². The first-order chi connectivity index (χ1) is 11.2. The summed E-state index contributed by atoms with van der Waals surface area (Å²) in [6.45, 7) is 4.28. The third-order valence-electron chi connectivity index (χ3n) is 4.78. The van der Waals surface area contributed by atoms with E-state index < -0.39 is 0 Å². The molecule has 0 atom stereocenters. The summed E-state index contributed by atoms with van der Waals surface area (Å²) < 4.78 is 15.4. The number of nitrogens with zero attached hydrogens (tertiary/aromatic N) is 1. The molecule has 0 spiro atoms. The molecule has 2 aliphatic rings. The van der Waals surface area contributed by atoms with E-state index >= 15 is 0 Å². The van der Waals surface area contributed by atoms with Crippen molar-refractivity contribution in [2.24, 2.45) is 11.8 Å². The summed E-state index contributed by atoms with van der Waals surface area (Å²) in [4.78, 5) is 26.3. The number of methoxy groups -OCH3 is 1. The molecule has 0 aromatic rings. The van der Waals surface area contributed by atoms with E-state index in [1.54, 1.807) is 7.11 Å². The number of ether oxygens (including phenoxy) is 3. The Morgan fingerprint density at radius 2 is 1.39 bits per heavy atom. The summed E-state index contributed by atoms with van der Waals surface area (Å²) in [6.07, 6.45) is 5.34. The molecule has 0 amide bonds. The Morgan fingerprint density at radius 3 is 1.91 bits per heavy atom. The van der Waals surface area contributed by atoms with Crippen LogP contribution in [0.2, 0.25) is 0 Å². The van der Waals surface area contributed by atoms with Crippen molar-refractivity contribution in [3.63, 3.8) is 0 Å². The molecular formula is C17H29NO5. The largest absolute Gasteiger partial charge is 0.464 e. The van der Waals surface area contributed by atoms with Gasteiger partial charge in [-0.15, -0.1) is 0 Å². The van der Waals surface area contributed by atoms with Crippen molar-refractivity contribution < 1.29 is 23.8 Å². The third kappa shape index (κ3) is 6.11. The van der Waals surface area contributed by atoms with Crippen LogP contribution in [0.1, 0.15) is 38.5 Å². The first-order valence-electron chi connectivity index (χ1n) is 8.75. The van der Waals surface area contributed by atoms with Gasteiger partial charge < -0.3 is 14.2 Å². The average Bonchev–Trinajstić information content (AvgIpc) is 3.08. The highest BCUT2D eigenvalue weighted by atomic mass is 16.6. The summed E-state index contributed by atoms with van der Waals surface area (Å²) in [5, 5.41) is 0. The van der Waals surface area contributed by atoms with Crippen LogP contribution in [0.15, 0.2) is 0 Å². The molecule has 0 unspecified atom stereocenters. The van der Waals surface area contributed by atoms with E-state index in [-0.39, 0.29) is 23.8 Å². The van der Waals surface area contributed by atoms with E-state index in [4.69, 9.17) is 14.2 Å².